The fourth-order valence-corrected chi connectivity index (χ4v) is 3.21. The molecule has 2 aromatic carbocycles. The van der Waals surface area contributed by atoms with Gasteiger partial charge in [0.15, 0.2) is 0 Å². The van der Waals surface area contributed by atoms with Crippen molar-refractivity contribution >= 4 is 58.3 Å². The third-order valence-electron chi connectivity index (χ3n) is 3.73. The second kappa shape index (κ2) is 19.7. The first-order valence-electron chi connectivity index (χ1n) is 10.1. The van der Waals surface area contributed by atoms with Gasteiger partial charge in [-0.15, -0.1) is 11.3 Å². The fraction of sp³-hybridized carbons (Fsp3) is 0.304. The van der Waals surface area contributed by atoms with Gasteiger partial charge in [0.25, 0.3) is 0 Å². The highest BCUT2D eigenvalue weighted by Gasteiger charge is 2.00. The molecule has 8 nitrogen and oxygen atoms in total. The van der Waals surface area contributed by atoms with Gasteiger partial charge in [-0.25, -0.2) is 4.98 Å². The van der Waals surface area contributed by atoms with Crippen molar-refractivity contribution in [2.24, 2.45) is 10.9 Å². The van der Waals surface area contributed by atoms with Gasteiger partial charge in [0.05, 0.1) is 21.9 Å². The van der Waals surface area contributed by atoms with Crippen LogP contribution in [0, 0.1) is 6.92 Å². The zero-order valence-corrected chi connectivity index (χ0v) is 20.8. The number of nitrogens with zero attached hydrogens (tertiary/aromatic N) is 2. The van der Waals surface area contributed by atoms with Crippen molar-refractivity contribution in [2.45, 2.75) is 26.7 Å². The monoisotopic (exact) mass is 493 g/mol. The summed E-state index contributed by atoms with van der Waals surface area (Å²) in [6, 6.07) is 13.5. The van der Waals surface area contributed by atoms with E-state index in [2.05, 4.69) is 38.0 Å². The van der Waals surface area contributed by atoms with Crippen LogP contribution in [0.2, 0.25) is 5.02 Å². The number of hydrogen-bond acceptors (Lipinski definition) is 8. The van der Waals surface area contributed by atoms with Gasteiger partial charge in [0, 0.05) is 37.6 Å². The molecule has 1 aromatic heterocycles. The number of benzene rings is 2. The number of halogens is 1. The number of thiazole rings is 1. The van der Waals surface area contributed by atoms with Crippen LogP contribution in [0.5, 0.6) is 0 Å². The van der Waals surface area contributed by atoms with Crippen LogP contribution in [-0.4, -0.2) is 44.8 Å². The molecule has 0 fully saturated rings. The maximum atomic E-state index is 10.1. The van der Waals surface area contributed by atoms with E-state index in [0.29, 0.717) is 19.5 Å². The molecule has 4 N–H and O–H groups in total. The first-order chi connectivity index (χ1) is 15.9. The lowest BCUT2D eigenvalue weighted by atomic mass is 10.1. The van der Waals surface area contributed by atoms with Crippen molar-refractivity contribution < 1.29 is 14.3 Å². The Morgan fingerprint density at radius 2 is 1.88 bits per heavy atom. The van der Waals surface area contributed by atoms with Gasteiger partial charge in [-0.05, 0) is 56.2 Å². The van der Waals surface area contributed by atoms with E-state index in [4.69, 9.17) is 11.6 Å². The number of nitrogens with two attached hydrogens (primary N) is 1. The number of hydrazone groups is 1. The Morgan fingerprint density at radius 3 is 2.42 bits per heavy atom. The van der Waals surface area contributed by atoms with Crippen LogP contribution in [0.25, 0.3) is 10.2 Å². The molecule has 3 aromatic rings. The average Bonchev–Trinajstić information content (AvgIpc) is 3.19. The van der Waals surface area contributed by atoms with Crippen molar-refractivity contribution in [1.29, 1.82) is 0 Å². The molecule has 33 heavy (non-hydrogen) atoms. The number of aromatic nitrogens is 1. The van der Waals surface area contributed by atoms with E-state index < -0.39 is 0 Å². The van der Waals surface area contributed by atoms with Gasteiger partial charge in [-0.1, -0.05) is 23.7 Å². The van der Waals surface area contributed by atoms with Gasteiger partial charge < -0.3 is 26.0 Å². The van der Waals surface area contributed by atoms with Gasteiger partial charge in [-0.3, -0.25) is 4.79 Å². The van der Waals surface area contributed by atoms with E-state index >= 15 is 0 Å². The summed E-state index contributed by atoms with van der Waals surface area (Å²) >= 11 is 7.34. The standard InChI is InChI=1S/C10H11N3OS.C9H9ClO.C3H8O.CH4N2/c1-7-13-9-3-2-8(4-10(9)15-7)12-5-11-6-14;10-9-5-3-8(4-6-9)2-1-7-11;1-3-4-2;1-3-2/h2-4,6,12H,5H2,1H3,(H,11,14);3-7H,1-2H2;3H2,1-2H3;1-2H2. The number of ether oxygens (including phenoxy) is 1. The highest BCUT2D eigenvalue weighted by molar-refractivity contribution is 7.18. The van der Waals surface area contributed by atoms with Gasteiger partial charge >= 0.3 is 0 Å². The number of carbonyl (C=O) groups excluding carboxylic acids is 2. The summed E-state index contributed by atoms with van der Waals surface area (Å²) in [7, 11) is 1.68. The van der Waals surface area contributed by atoms with Crippen LogP contribution >= 0.6 is 22.9 Å². The summed E-state index contributed by atoms with van der Waals surface area (Å²) in [5.41, 5.74) is 3.16. The second-order valence-electron chi connectivity index (χ2n) is 6.18. The number of fused-ring (bicyclic) bond motifs is 1. The molecular weight excluding hydrogens is 462 g/mol. The highest BCUT2D eigenvalue weighted by Crippen LogP contribution is 2.24. The number of aldehydes is 1. The predicted molar refractivity (Wildman–Crippen MR) is 139 cm³/mol. The number of amides is 1. The minimum absolute atomic E-state index is 0.437. The van der Waals surface area contributed by atoms with Crippen molar-refractivity contribution in [1.82, 2.24) is 10.3 Å². The molecule has 1 amide bonds. The molecule has 0 saturated carbocycles. The van der Waals surface area contributed by atoms with Crippen molar-refractivity contribution in [3.63, 3.8) is 0 Å². The zero-order valence-electron chi connectivity index (χ0n) is 19.2. The minimum Gasteiger partial charge on any atom is -0.385 e. The lowest BCUT2D eigenvalue weighted by Crippen LogP contribution is -2.19. The molecule has 1 heterocycles. The first-order valence-corrected chi connectivity index (χ1v) is 11.3. The van der Waals surface area contributed by atoms with E-state index in [1.165, 1.54) is 0 Å². The number of hydrogen-bond donors (Lipinski definition) is 3. The van der Waals surface area contributed by atoms with E-state index in [-0.39, 0.29) is 0 Å². The highest BCUT2D eigenvalue weighted by atomic mass is 35.5. The molecule has 0 spiro atoms. The number of aryl methyl sites for hydroxylation is 2. The van der Waals surface area contributed by atoms with E-state index in [1.807, 2.05) is 56.3 Å². The molecule has 0 radical (unpaired) electrons. The SMILES string of the molecule is C=NN.CCOC.Cc1nc2ccc(NCNC=O)cc2s1.O=CCCc1ccc(Cl)cc1. The number of rotatable bonds is 8. The summed E-state index contributed by atoms with van der Waals surface area (Å²) < 4.78 is 5.70. The fourth-order valence-electron chi connectivity index (χ4n) is 2.22. The molecule has 3 rings (SSSR count). The molecule has 0 atom stereocenters. The van der Waals surface area contributed by atoms with Crippen LogP contribution in [0.1, 0.15) is 23.9 Å². The van der Waals surface area contributed by atoms with Crippen molar-refractivity contribution in [3.05, 3.63) is 58.1 Å². The minimum atomic E-state index is 0.437. The molecule has 180 valence electrons. The van der Waals surface area contributed by atoms with Crippen LogP contribution in [0.4, 0.5) is 5.69 Å². The smallest absolute Gasteiger partial charge is 0.208 e. The summed E-state index contributed by atoms with van der Waals surface area (Å²) in [5, 5.41) is 10.2. The number of anilines is 1. The molecule has 0 aliphatic heterocycles. The van der Waals surface area contributed by atoms with Crippen molar-refractivity contribution in [3.8, 4) is 0 Å². The topological polar surface area (TPSA) is 119 Å². The van der Waals surface area contributed by atoms with E-state index in [1.54, 1.807) is 18.4 Å². The van der Waals surface area contributed by atoms with Crippen LogP contribution in [0.15, 0.2) is 47.6 Å². The Bertz CT molecular complexity index is 933. The molecule has 0 aliphatic rings. The predicted octanol–water partition coefficient (Wildman–Crippen LogP) is 4.41. The Morgan fingerprint density at radius 1 is 1.24 bits per heavy atom. The second-order valence-corrected chi connectivity index (χ2v) is 7.85. The van der Waals surface area contributed by atoms with Crippen molar-refractivity contribution in [2.75, 3.05) is 25.7 Å². The number of carbonyl (C=O) groups is 2. The third-order valence-corrected chi connectivity index (χ3v) is 4.91. The van der Waals surface area contributed by atoms with E-state index in [0.717, 1.165) is 50.8 Å². The van der Waals surface area contributed by atoms with Crippen LogP contribution < -0.4 is 16.5 Å². The van der Waals surface area contributed by atoms with E-state index in [9.17, 15) is 9.59 Å². The molecule has 10 heteroatoms. The summed E-state index contributed by atoms with van der Waals surface area (Å²) in [6.07, 6.45) is 2.99. The number of methoxy groups -OCH3 is 1. The third kappa shape index (κ3) is 14.6. The quantitative estimate of drug-likeness (QED) is 0.107. The molecule has 0 unspecified atom stereocenters. The molecule has 0 bridgehead atoms. The molecular formula is C23H32ClN5O3S. The average molecular weight is 494 g/mol. The van der Waals surface area contributed by atoms with Crippen LogP contribution in [-0.2, 0) is 20.7 Å². The normalized spacial score (nSPS) is 9.09. The van der Waals surface area contributed by atoms with Gasteiger partial charge in [0.1, 0.15) is 6.29 Å². The maximum Gasteiger partial charge on any atom is 0.208 e. The Balaban J connectivity index is 0.000000499. The Kier molecular flexibility index (Phi) is 17.9. The number of nitrogens with one attached hydrogen (secondary N) is 2. The summed E-state index contributed by atoms with van der Waals surface area (Å²) in [5.74, 6) is 4.36. The van der Waals surface area contributed by atoms with Gasteiger partial charge in [-0.2, -0.15) is 5.10 Å². The zero-order chi connectivity index (χ0) is 24.9. The maximum absolute atomic E-state index is 10.1. The largest absolute Gasteiger partial charge is 0.385 e. The summed E-state index contributed by atoms with van der Waals surface area (Å²) in [6.45, 7) is 8.10. The molecule has 0 aliphatic carbocycles. The first kappa shape index (κ1) is 30.0. The van der Waals surface area contributed by atoms with Crippen LogP contribution in [0.3, 0.4) is 0 Å². The summed E-state index contributed by atoms with van der Waals surface area (Å²) in [4.78, 5) is 24.4. The Labute approximate surface area is 204 Å². The van der Waals surface area contributed by atoms with Gasteiger partial charge in [0.2, 0.25) is 6.41 Å². The lowest BCUT2D eigenvalue weighted by molar-refractivity contribution is -0.109. The Hall–Kier alpha value is -3.01. The molecule has 0 saturated heterocycles. The lowest BCUT2D eigenvalue weighted by Gasteiger charge is -2.04.